The van der Waals surface area contributed by atoms with Gasteiger partial charge in [-0.05, 0) is 44.4 Å². The smallest absolute Gasteiger partial charge is 0.417 e. The molecule has 0 saturated carbocycles. The van der Waals surface area contributed by atoms with Crippen molar-refractivity contribution >= 4 is 15.9 Å². The molecular weight excluding hydrogens is 441 g/mol. The SMILES string of the molecule is C[C@]12CC[C@](CCBr)(O1)c1c2c(O)n(-c2ccc(C#N)c(C(F)(F)F)c2)c1O. The number of rotatable bonds is 3. The van der Waals surface area contributed by atoms with E-state index in [-0.39, 0.29) is 17.4 Å². The van der Waals surface area contributed by atoms with Crippen LogP contribution in [0.4, 0.5) is 13.2 Å². The van der Waals surface area contributed by atoms with Crippen molar-refractivity contribution < 1.29 is 28.1 Å². The largest absolute Gasteiger partial charge is 0.494 e. The Morgan fingerprint density at radius 3 is 2.54 bits per heavy atom. The van der Waals surface area contributed by atoms with Crippen LogP contribution in [0.5, 0.6) is 11.8 Å². The van der Waals surface area contributed by atoms with E-state index in [1.807, 2.05) is 0 Å². The summed E-state index contributed by atoms with van der Waals surface area (Å²) in [6.07, 6.45) is -2.92. The Morgan fingerprint density at radius 1 is 1.25 bits per heavy atom. The summed E-state index contributed by atoms with van der Waals surface area (Å²) in [5, 5.41) is 31.3. The number of aromatic hydroxyl groups is 2. The zero-order chi connectivity index (χ0) is 20.5. The molecule has 2 aliphatic rings. The molecule has 0 radical (unpaired) electrons. The van der Waals surface area contributed by atoms with Gasteiger partial charge in [-0.15, -0.1) is 0 Å². The van der Waals surface area contributed by atoms with Gasteiger partial charge in [-0.25, -0.2) is 0 Å². The molecule has 1 saturated heterocycles. The lowest BCUT2D eigenvalue weighted by atomic mass is 9.78. The summed E-state index contributed by atoms with van der Waals surface area (Å²) in [5.74, 6) is -0.682. The fourth-order valence-electron chi connectivity index (χ4n) is 4.51. The van der Waals surface area contributed by atoms with Gasteiger partial charge in [0.05, 0.1) is 39.6 Å². The molecule has 148 valence electrons. The minimum absolute atomic E-state index is 0.0762. The van der Waals surface area contributed by atoms with Gasteiger partial charge in [-0.1, -0.05) is 15.9 Å². The van der Waals surface area contributed by atoms with Crippen molar-refractivity contribution in [3.8, 4) is 23.5 Å². The molecule has 2 atom stereocenters. The first-order valence-corrected chi connectivity index (χ1v) is 9.75. The van der Waals surface area contributed by atoms with E-state index < -0.39 is 28.5 Å². The molecule has 0 spiro atoms. The van der Waals surface area contributed by atoms with E-state index in [0.29, 0.717) is 35.7 Å². The minimum atomic E-state index is -4.74. The maximum atomic E-state index is 13.3. The highest BCUT2D eigenvalue weighted by Gasteiger charge is 2.61. The van der Waals surface area contributed by atoms with Crippen molar-refractivity contribution in [1.29, 1.82) is 5.26 Å². The summed E-state index contributed by atoms with van der Waals surface area (Å²) in [7, 11) is 0. The predicted molar refractivity (Wildman–Crippen MR) is 96.6 cm³/mol. The molecular formula is C19H16BrF3N2O3. The molecule has 0 amide bonds. The monoisotopic (exact) mass is 456 g/mol. The molecule has 1 fully saturated rings. The van der Waals surface area contributed by atoms with Gasteiger partial charge in [-0.2, -0.15) is 18.4 Å². The van der Waals surface area contributed by atoms with Gasteiger partial charge in [-0.3, -0.25) is 4.57 Å². The molecule has 2 bridgehead atoms. The summed E-state index contributed by atoms with van der Waals surface area (Å²) in [4.78, 5) is 0. The van der Waals surface area contributed by atoms with Crippen LogP contribution in [-0.2, 0) is 22.1 Å². The topological polar surface area (TPSA) is 78.4 Å². The Bertz CT molecular complexity index is 1020. The first-order valence-electron chi connectivity index (χ1n) is 8.63. The van der Waals surface area contributed by atoms with E-state index in [9.17, 15) is 23.4 Å². The van der Waals surface area contributed by atoms with Crippen LogP contribution in [0.2, 0.25) is 0 Å². The van der Waals surface area contributed by atoms with Gasteiger partial charge >= 0.3 is 6.18 Å². The zero-order valence-electron chi connectivity index (χ0n) is 14.8. The maximum absolute atomic E-state index is 13.3. The van der Waals surface area contributed by atoms with Crippen molar-refractivity contribution in [3.05, 3.63) is 40.5 Å². The molecule has 2 N–H and O–H groups in total. The molecule has 2 aromatic rings. The fraction of sp³-hybridized carbons (Fsp3) is 0.421. The molecule has 28 heavy (non-hydrogen) atoms. The highest BCUT2D eigenvalue weighted by atomic mass is 79.9. The van der Waals surface area contributed by atoms with Crippen molar-refractivity contribution in [1.82, 2.24) is 4.57 Å². The van der Waals surface area contributed by atoms with Gasteiger partial charge in [0.2, 0.25) is 11.8 Å². The molecule has 0 aliphatic carbocycles. The predicted octanol–water partition coefficient (Wildman–Crippen LogP) is 4.80. The van der Waals surface area contributed by atoms with Crippen LogP contribution >= 0.6 is 15.9 Å². The van der Waals surface area contributed by atoms with Crippen molar-refractivity contribution in [2.75, 3.05) is 5.33 Å². The molecule has 2 aliphatic heterocycles. The number of alkyl halides is 4. The number of hydrogen-bond donors (Lipinski definition) is 2. The van der Waals surface area contributed by atoms with Crippen LogP contribution in [0.1, 0.15) is 48.4 Å². The number of hydrogen-bond acceptors (Lipinski definition) is 4. The third kappa shape index (κ3) is 2.40. The Morgan fingerprint density at radius 2 is 1.93 bits per heavy atom. The molecule has 9 heteroatoms. The second kappa shape index (κ2) is 5.91. The van der Waals surface area contributed by atoms with Gasteiger partial charge < -0.3 is 14.9 Å². The summed E-state index contributed by atoms with van der Waals surface area (Å²) >= 11 is 3.38. The van der Waals surface area contributed by atoms with Gasteiger partial charge in [0.1, 0.15) is 5.60 Å². The van der Waals surface area contributed by atoms with E-state index in [2.05, 4.69) is 15.9 Å². The molecule has 0 unspecified atom stereocenters. The van der Waals surface area contributed by atoms with Crippen LogP contribution in [0.25, 0.3) is 5.69 Å². The highest BCUT2D eigenvalue weighted by Crippen LogP contribution is 2.65. The van der Waals surface area contributed by atoms with Crippen molar-refractivity contribution in [2.45, 2.75) is 43.6 Å². The lowest BCUT2D eigenvalue weighted by Gasteiger charge is -2.25. The molecule has 5 nitrogen and oxygen atoms in total. The number of nitrogens with zero attached hydrogens (tertiary/aromatic N) is 2. The third-order valence-corrected chi connectivity index (χ3v) is 6.11. The molecule has 4 rings (SSSR count). The number of fused-ring (bicyclic) bond motifs is 5. The third-order valence-electron chi connectivity index (χ3n) is 5.72. The van der Waals surface area contributed by atoms with E-state index in [4.69, 9.17) is 10.00 Å². The van der Waals surface area contributed by atoms with E-state index >= 15 is 0 Å². The number of halogens is 4. The number of ether oxygens (including phenoxy) is 1. The minimum Gasteiger partial charge on any atom is -0.494 e. The van der Waals surface area contributed by atoms with Crippen LogP contribution in [0.15, 0.2) is 18.2 Å². The van der Waals surface area contributed by atoms with E-state index in [1.165, 1.54) is 12.1 Å². The van der Waals surface area contributed by atoms with Crippen LogP contribution in [0.3, 0.4) is 0 Å². The summed E-state index contributed by atoms with van der Waals surface area (Å²) in [5.41, 5.74) is -2.50. The normalized spacial score (nSPS) is 25.7. The Kier molecular flexibility index (Phi) is 4.04. The van der Waals surface area contributed by atoms with Crippen LogP contribution in [0, 0.1) is 11.3 Å². The quantitative estimate of drug-likeness (QED) is 0.650. The van der Waals surface area contributed by atoms with E-state index in [0.717, 1.165) is 16.7 Å². The molecule has 1 aromatic heterocycles. The molecule has 3 heterocycles. The van der Waals surface area contributed by atoms with Crippen molar-refractivity contribution in [3.63, 3.8) is 0 Å². The van der Waals surface area contributed by atoms with Gasteiger partial charge in [0.15, 0.2) is 0 Å². The summed E-state index contributed by atoms with van der Waals surface area (Å²) < 4.78 is 47.2. The maximum Gasteiger partial charge on any atom is 0.417 e. The van der Waals surface area contributed by atoms with Gasteiger partial charge in [0, 0.05) is 5.33 Å². The Balaban J connectivity index is 1.95. The number of aromatic nitrogens is 1. The van der Waals surface area contributed by atoms with Crippen molar-refractivity contribution in [2.24, 2.45) is 0 Å². The number of nitriles is 1. The highest BCUT2D eigenvalue weighted by molar-refractivity contribution is 9.09. The lowest BCUT2D eigenvalue weighted by molar-refractivity contribution is -0.137. The summed E-state index contributed by atoms with van der Waals surface area (Å²) in [6, 6.07) is 4.58. The second-order valence-corrected chi connectivity index (χ2v) is 8.13. The first-order chi connectivity index (χ1) is 13.1. The Hall–Kier alpha value is -2.18. The number of benzene rings is 1. The average molecular weight is 457 g/mol. The lowest BCUT2D eigenvalue weighted by Crippen LogP contribution is -2.23. The molecule has 1 aromatic carbocycles. The zero-order valence-corrected chi connectivity index (χ0v) is 16.4. The standard InChI is InChI=1S/C19H16BrF3N2O3/c1-17-4-5-18(28-17,6-7-20)14-13(17)15(26)25(16(14)27)11-3-2-10(9-24)12(8-11)19(21,22)23/h2-3,8,26-27H,4-7H2,1H3/t17-,18-/m1/s1. The fourth-order valence-corrected chi connectivity index (χ4v) is 5.15. The summed E-state index contributed by atoms with van der Waals surface area (Å²) in [6.45, 7) is 1.80. The average Bonchev–Trinajstić information content (AvgIpc) is 3.19. The van der Waals surface area contributed by atoms with Crippen LogP contribution < -0.4 is 0 Å². The Labute approximate surface area is 167 Å². The van der Waals surface area contributed by atoms with Gasteiger partial charge in [0.25, 0.3) is 0 Å². The first kappa shape index (κ1) is 19.2. The second-order valence-electron chi connectivity index (χ2n) is 7.34. The van der Waals surface area contributed by atoms with E-state index in [1.54, 1.807) is 6.92 Å². The van der Waals surface area contributed by atoms with Crippen LogP contribution in [-0.4, -0.2) is 20.1 Å².